The van der Waals surface area contributed by atoms with Gasteiger partial charge in [-0.3, -0.25) is 0 Å². The van der Waals surface area contributed by atoms with Gasteiger partial charge in [0.1, 0.15) is 6.61 Å². The van der Waals surface area contributed by atoms with Gasteiger partial charge in [0.05, 0.1) is 6.61 Å². The van der Waals surface area contributed by atoms with Crippen LogP contribution in [0.25, 0.3) is 0 Å². The Morgan fingerprint density at radius 1 is 1.07 bits per heavy atom. The highest BCUT2D eigenvalue weighted by molar-refractivity contribution is 4.88. The Morgan fingerprint density at radius 2 is 1.71 bits per heavy atom. The second-order valence-corrected chi connectivity index (χ2v) is 2.20. The molecule has 14 heavy (non-hydrogen) atoms. The molecule has 1 aromatic heterocycles. The molecule has 0 aliphatic rings. The molecule has 7 heteroatoms. The van der Waals surface area contributed by atoms with Gasteiger partial charge in [-0.25, -0.2) is 0 Å². The van der Waals surface area contributed by atoms with Crippen LogP contribution in [0.15, 0.2) is 0 Å². The Morgan fingerprint density at radius 3 is 2.29 bits per heavy atom. The maximum Gasteiger partial charge on any atom is 0.324 e. The predicted octanol–water partition coefficient (Wildman–Crippen LogP) is 0.565. The Kier molecular flexibility index (Phi) is 4.11. The van der Waals surface area contributed by atoms with Crippen molar-refractivity contribution in [1.29, 1.82) is 0 Å². The minimum atomic E-state index is -1.20. The van der Waals surface area contributed by atoms with Gasteiger partial charge in [0.2, 0.25) is 0 Å². The molecule has 78 valence electrons. The molecule has 1 rings (SSSR count). The van der Waals surface area contributed by atoms with E-state index in [9.17, 15) is 8.78 Å². The van der Waals surface area contributed by atoms with Crippen molar-refractivity contribution in [2.45, 2.75) is 6.92 Å². The predicted molar refractivity (Wildman–Crippen MR) is 41.7 cm³/mol. The summed E-state index contributed by atoms with van der Waals surface area (Å²) in [6, 6.07) is -0.380. The van der Waals surface area contributed by atoms with Crippen LogP contribution in [0.3, 0.4) is 0 Å². The zero-order chi connectivity index (χ0) is 10.4. The SMILES string of the molecule is CCOCCOc1nc(F)nc(F)n1. The lowest BCUT2D eigenvalue weighted by Crippen LogP contribution is -2.10. The summed E-state index contributed by atoms with van der Waals surface area (Å²) in [6.07, 6.45) is -2.41. The van der Waals surface area contributed by atoms with E-state index in [1.165, 1.54) is 0 Å². The average Bonchev–Trinajstić information content (AvgIpc) is 2.11. The minimum absolute atomic E-state index is 0.136. The van der Waals surface area contributed by atoms with Crippen LogP contribution in [0.2, 0.25) is 0 Å². The van der Waals surface area contributed by atoms with E-state index >= 15 is 0 Å². The molecule has 0 amide bonds. The quantitative estimate of drug-likeness (QED) is 0.657. The maximum atomic E-state index is 12.4. The first-order chi connectivity index (χ1) is 6.72. The molecule has 0 N–H and O–H groups in total. The van der Waals surface area contributed by atoms with Crippen molar-refractivity contribution in [3.05, 3.63) is 12.2 Å². The summed E-state index contributed by atoms with van der Waals surface area (Å²) in [7, 11) is 0. The van der Waals surface area contributed by atoms with Crippen LogP contribution >= 0.6 is 0 Å². The van der Waals surface area contributed by atoms with Crippen molar-refractivity contribution in [2.75, 3.05) is 19.8 Å². The summed E-state index contributed by atoms with van der Waals surface area (Å²) < 4.78 is 34.5. The fraction of sp³-hybridized carbons (Fsp3) is 0.571. The molecule has 0 saturated heterocycles. The van der Waals surface area contributed by atoms with E-state index in [0.29, 0.717) is 13.2 Å². The van der Waals surface area contributed by atoms with Gasteiger partial charge in [-0.2, -0.15) is 13.8 Å². The van der Waals surface area contributed by atoms with Gasteiger partial charge < -0.3 is 9.47 Å². The summed E-state index contributed by atoms with van der Waals surface area (Å²) in [5.74, 6) is 0. The lowest BCUT2D eigenvalue weighted by Gasteiger charge is -2.03. The largest absolute Gasteiger partial charge is 0.461 e. The van der Waals surface area contributed by atoms with E-state index < -0.39 is 12.2 Å². The van der Waals surface area contributed by atoms with Gasteiger partial charge in [-0.15, -0.1) is 9.97 Å². The summed E-state index contributed by atoms with van der Waals surface area (Å²) in [5, 5.41) is 0. The Hall–Kier alpha value is -1.37. The standard InChI is InChI=1S/C7H9F2N3O2/c1-2-13-3-4-14-7-11-5(8)10-6(9)12-7/h2-4H2,1H3. The van der Waals surface area contributed by atoms with Gasteiger partial charge in [0, 0.05) is 6.61 Å². The van der Waals surface area contributed by atoms with E-state index in [4.69, 9.17) is 9.47 Å². The summed E-state index contributed by atoms with van der Waals surface area (Å²) >= 11 is 0. The smallest absolute Gasteiger partial charge is 0.324 e. The molecule has 0 atom stereocenters. The molecule has 5 nitrogen and oxygen atoms in total. The third-order valence-electron chi connectivity index (χ3n) is 1.22. The lowest BCUT2D eigenvalue weighted by atomic mass is 10.7. The van der Waals surface area contributed by atoms with Gasteiger partial charge in [0.25, 0.3) is 0 Å². The zero-order valence-corrected chi connectivity index (χ0v) is 7.54. The highest BCUT2D eigenvalue weighted by Crippen LogP contribution is 2.01. The van der Waals surface area contributed by atoms with Crippen molar-refractivity contribution >= 4 is 0 Å². The summed E-state index contributed by atoms with van der Waals surface area (Å²) in [6.45, 7) is 2.81. The van der Waals surface area contributed by atoms with Crippen molar-refractivity contribution < 1.29 is 18.3 Å². The Balaban J connectivity index is 2.42. The van der Waals surface area contributed by atoms with Crippen LogP contribution in [0.4, 0.5) is 8.78 Å². The van der Waals surface area contributed by atoms with Crippen molar-refractivity contribution in [1.82, 2.24) is 15.0 Å². The first kappa shape index (κ1) is 10.7. The van der Waals surface area contributed by atoms with Crippen LogP contribution in [0.1, 0.15) is 6.92 Å². The maximum absolute atomic E-state index is 12.4. The van der Waals surface area contributed by atoms with Crippen LogP contribution in [0.5, 0.6) is 6.01 Å². The van der Waals surface area contributed by atoms with Gasteiger partial charge in [0.15, 0.2) is 0 Å². The first-order valence-electron chi connectivity index (χ1n) is 4.00. The summed E-state index contributed by atoms with van der Waals surface area (Å²) in [4.78, 5) is 8.96. The monoisotopic (exact) mass is 205 g/mol. The first-order valence-corrected chi connectivity index (χ1v) is 4.00. The minimum Gasteiger partial charge on any atom is -0.461 e. The van der Waals surface area contributed by atoms with Crippen LogP contribution in [0, 0.1) is 12.2 Å². The van der Waals surface area contributed by atoms with Crippen LogP contribution in [-0.4, -0.2) is 34.8 Å². The fourth-order valence-electron chi connectivity index (χ4n) is 0.710. The average molecular weight is 205 g/mol. The normalized spacial score (nSPS) is 10.2. The topological polar surface area (TPSA) is 57.1 Å². The third-order valence-corrected chi connectivity index (χ3v) is 1.22. The van der Waals surface area contributed by atoms with E-state index in [1.54, 1.807) is 0 Å². The second kappa shape index (κ2) is 5.38. The molecule has 0 aliphatic carbocycles. The number of ether oxygens (including phenoxy) is 2. The van der Waals surface area contributed by atoms with Crippen molar-refractivity contribution in [3.63, 3.8) is 0 Å². The number of halogens is 2. The van der Waals surface area contributed by atoms with E-state index in [1.807, 2.05) is 6.92 Å². The lowest BCUT2D eigenvalue weighted by molar-refractivity contribution is 0.105. The van der Waals surface area contributed by atoms with Gasteiger partial charge in [-0.1, -0.05) is 0 Å². The highest BCUT2D eigenvalue weighted by atomic mass is 19.1. The van der Waals surface area contributed by atoms with E-state index in [2.05, 4.69) is 15.0 Å². The summed E-state index contributed by atoms with van der Waals surface area (Å²) in [5.41, 5.74) is 0. The van der Waals surface area contributed by atoms with Crippen molar-refractivity contribution in [3.8, 4) is 6.01 Å². The van der Waals surface area contributed by atoms with Gasteiger partial charge >= 0.3 is 18.2 Å². The van der Waals surface area contributed by atoms with E-state index in [0.717, 1.165) is 0 Å². The van der Waals surface area contributed by atoms with Crippen molar-refractivity contribution in [2.24, 2.45) is 0 Å². The molecular formula is C7H9F2N3O2. The van der Waals surface area contributed by atoms with Crippen LogP contribution in [-0.2, 0) is 4.74 Å². The third kappa shape index (κ3) is 3.56. The molecule has 0 aromatic carbocycles. The molecule has 0 saturated carbocycles. The molecule has 0 radical (unpaired) electrons. The molecule has 0 unspecified atom stereocenters. The number of aromatic nitrogens is 3. The Bertz CT molecular complexity index is 278. The number of nitrogens with zero attached hydrogens (tertiary/aromatic N) is 3. The molecule has 0 bridgehead atoms. The molecular weight excluding hydrogens is 196 g/mol. The van der Waals surface area contributed by atoms with Gasteiger partial charge in [-0.05, 0) is 6.92 Å². The molecule has 0 fully saturated rings. The fourth-order valence-corrected chi connectivity index (χ4v) is 0.710. The number of hydrogen-bond donors (Lipinski definition) is 0. The van der Waals surface area contributed by atoms with E-state index in [-0.39, 0.29) is 12.6 Å². The number of hydrogen-bond acceptors (Lipinski definition) is 5. The molecule has 0 spiro atoms. The second-order valence-electron chi connectivity index (χ2n) is 2.20. The molecule has 0 aliphatic heterocycles. The molecule has 1 heterocycles. The zero-order valence-electron chi connectivity index (χ0n) is 7.54. The number of rotatable bonds is 5. The van der Waals surface area contributed by atoms with Crippen LogP contribution < -0.4 is 4.74 Å². The molecule has 1 aromatic rings. The highest BCUT2D eigenvalue weighted by Gasteiger charge is 2.05. The Labute approximate surface area is 79.1 Å².